The second kappa shape index (κ2) is 4.24. The maximum Gasteiger partial charge on any atom is 0.306 e. The van der Waals surface area contributed by atoms with E-state index in [1.807, 2.05) is 32.0 Å². The Balaban J connectivity index is 2.99. The summed E-state index contributed by atoms with van der Waals surface area (Å²) in [6.07, 6.45) is -1.15. The lowest BCUT2D eigenvalue weighted by atomic mass is 9.96. The minimum Gasteiger partial charge on any atom is -0.481 e. The Morgan fingerprint density at radius 1 is 1.36 bits per heavy atom. The van der Waals surface area contributed by atoms with Gasteiger partial charge >= 0.3 is 5.97 Å². The first kappa shape index (κ1) is 10.7. The Hall–Kier alpha value is -1.35. The molecule has 0 fully saturated rings. The molecule has 0 radical (unpaired) electrons. The lowest BCUT2D eigenvalue weighted by molar-refractivity contribution is -0.139. The molecule has 1 aromatic carbocycles. The highest BCUT2D eigenvalue weighted by atomic mass is 16.4. The smallest absolute Gasteiger partial charge is 0.306 e. The largest absolute Gasteiger partial charge is 0.481 e. The van der Waals surface area contributed by atoms with Gasteiger partial charge in [-0.25, -0.2) is 0 Å². The van der Waals surface area contributed by atoms with Gasteiger partial charge in [-0.15, -0.1) is 0 Å². The second-order valence-corrected chi connectivity index (χ2v) is 3.42. The molecule has 0 unspecified atom stereocenters. The van der Waals surface area contributed by atoms with Crippen LogP contribution in [0.4, 0.5) is 0 Å². The molecule has 0 aliphatic rings. The van der Waals surface area contributed by atoms with Gasteiger partial charge < -0.3 is 10.2 Å². The highest BCUT2D eigenvalue weighted by Gasteiger charge is 2.15. The van der Waals surface area contributed by atoms with Crippen LogP contribution in [-0.4, -0.2) is 16.2 Å². The predicted octanol–water partition coefficient (Wildman–Crippen LogP) is 1.81. The normalized spacial score (nSPS) is 12.5. The van der Waals surface area contributed by atoms with Crippen LogP contribution in [0.3, 0.4) is 0 Å². The molecule has 1 atom stereocenters. The molecule has 0 aromatic heterocycles. The summed E-state index contributed by atoms with van der Waals surface area (Å²) in [4.78, 5) is 10.4. The summed E-state index contributed by atoms with van der Waals surface area (Å²) >= 11 is 0. The van der Waals surface area contributed by atoms with Crippen molar-refractivity contribution in [1.29, 1.82) is 0 Å². The van der Waals surface area contributed by atoms with Gasteiger partial charge in [0.25, 0.3) is 0 Å². The zero-order valence-electron chi connectivity index (χ0n) is 8.32. The molecule has 0 saturated heterocycles. The van der Waals surface area contributed by atoms with Crippen LogP contribution >= 0.6 is 0 Å². The Labute approximate surface area is 83.0 Å². The average molecular weight is 194 g/mol. The van der Waals surface area contributed by atoms with E-state index in [0.717, 1.165) is 16.7 Å². The van der Waals surface area contributed by atoms with Gasteiger partial charge in [0, 0.05) is 0 Å². The lowest BCUT2D eigenvalue weighted by Crippen LogP contribution is -2.08. The summed E-state index contributed by atoms with van der Waals surface area (Å²) in [5.41, 5.74) is 2.59. The summed E-state index contributed by atoms with van der Waals surface area (Å²) in [6, 6.07) is 5.63. The molecule has 0 heterocycles. The Bertz CT molecular complexity index is 324. The molecule has 2 N–H and O–H groups in total. The van der Waals surface area contributed by atoms with E-state index in [0.29, 0.717) is 0 Å². The highest BCUT2D eigenvalue weighted by molar-refractivity contribution is 5.68. The molecule has 0 aliphatic carbocycles. The van der Waals surface area contributed by atoms with Crippen LogP contribution in [0.25, 0.3) is 0 Å². The van der Waals surface area contributed by atoms with E-state index in [1.54, 1.807) is 0 Å². The first-order valence-corrected chi connectivity index (χ1v) is 4.48. The van der Waals surface area contributed by atoms with Crippen LogP contribution in [0.2, 0.25) is 0 Å². The van der Waals surface area contributed by atoms with Gasteiger partial charge in [-0.3, -0.25) is 4.79 Å². The van der Waals surface area contributed by atoms with Gasteiger partial charge in [0.2, 0.25) is 0 Å². The fraction of sp³-hybridized carbons (Fsp3) is 0.364. The van der Waals surface area contributed by atoms with Crippen molar-refractivity contribution in [2.75, 3.05) is 0 Å². The lowest BCUT2D eigenvalue weighted by Gasteiger charge is -2.14. The van der Waals surface area contributed by atoms with E-state index >= 15 is 0 Å². The number of carbonyl (C=O) groups is 1. The zero-order chi connectivity index (χ0) is 10.7. The van der Waals surface area contributed by atoms with Crippen LogP contribution < -0.4 is 0 Å². The van der Waals surface area contributed by atoms with E-state index in [4.69, 9.17) is 5.11 Å². The summed E-state index contributed by atoms with van der Waals surface area (Å²) in [7, 11) is 0. The third-order valence-corrected chi connectivity index (χ3v) is 2.24. The van der Waals surface area contributed by atoms with Gasteiger partial charge in [-0.05, 0) is 30.5 Å². The third-order valence-electron chi connectivity index (χ3n) is 2.24. The van der Waals surface area contributed by atoms with Crippen molar-refractivity contribution in [3.8, 4) is 0 Å². The Morgan fingerprint density at radius 2 is 1.86 bits per heavy atom. The fourth-order valence-electron chi connectivity index (χ4n) is 1.62. The van der Waals surface area contributed by atoms with Crippen LogP contribution in [0, 0.1) is 13.8 Å². The number of benzene rings is 1. The molecular formula is C11H14O3. The summed E-state index contributed by atoms with van der Waals surface area (Å²) < 4.78 is 0. The summed E-state index contributed by atoms with van der Waals surface area (Å²) in [5, 5.41) is 18.2. The standard InChI is InChI=1S/C11H14O3/c1-7-4-3-5-8(2)11(7)9(12)6-10(13)14/h3-5,9,12H,6H2,1-2H3,(H,13,14)/t9-/m1/s1. The average Bonchev–Trinajstić information content (AvgIpc) is 2.01. The highest BCUT2D eigenvalue weighted by Crippen LogP contribution is 2.23. The Morgan fingerprint density at radius 3 is 2.29 bits per heavy atom. The fourth-order valence-corrected chi connectivity index (χ4v) is 1.62. The zero-order valence-corrected chi connectivity index (χ0v) is 8.32. The number of aliphatic hydroxyl groups is 1. The minimum absolute atomic E-state index is 0.244. The number of aliphatic hydroxyl groups excluding tert-OH is 1. The number of rotatable bonds is 3. The number of carboxylic acids is 1. The molecule has 3 heteroatoms. The third kappa shape index (κ3) is 2.33. The molecule has 0 amide bonds. The predicted molar refractivity (Wildman–Crippen MR) is 53.1 cm³/mol. The van der Waals surface area contributed by atoms with Gasteiger partial charge in [0.1, 0.15) is 0 Å². The van der Waals surface area contributed by atoms with E-state index in [-0.39, 0.29) is 6.42 Å². The quantitative estimate of drug-likeness (QED) is 0.771. The van der Waals surface area contributed by atoms with Gasteiger partial charge in [0.05, 0.1) is 12.5 Å². The number of aliphatic carboxylic acids is 1. The van der Waals surface area contributed by atoms with Gasteiger partial charge in [-0.2, -0.15) is 0 Å². The van der Waals surface area contributed by atoms with Crippen LogP contribution in [0.5, 0.6) is 0 Å². The van der Waals surface area contributed by atoms with Gasteiger partial charge in [0.15, 0.2) is 0 Å². The van der Waals surface area contributed by atoms with E-state index < -0.39 is 12.1 Å². The first-order valence-electron chi connectivity index (χ1n) is 4.48. The summed E-state index contributed by atoms with van der Waals surface area (Å²) in [6.45, 7) is 3.74. The molecule has 0 bridgehead atoms. The number of hydrogen-bond donors (Lipinski definition) is 2. The van der Waals surface area contributed by atoms with Crippen LogP contribution in [-0.2, 0) is 4.79 Å². The molecule has 1 aromatic rings. The van der Waals surface area contributed by atoms with Crippen LogP contribution in [0.15, 0.2) is 18.2 Å². The first-order chi connectivity index (χ1) is 6.52. The van der Waals surface area contributed by atoms with E-state index in [9.17, 15) is 9.90 Å². The Kier molecular flexibility index (Phi) is 3.25. The maximum absolute atomic E-state index is 10.4. The SMILES string of the molecule is Cc1cccc(C)c1[C@H](O)CC(=O)O. The molecule has 76 valence electrons. The number of aryl methyl sites for hydroxylation is 2. The molecule has 0 saturated carbocycles. The van der Waals surface area contributed by atoms with Crippen molar-refractivity contribution >= 4 is 5.97 Å². The molecule has 0 spiro atoms. The number of carboxylic acid groups (broad SMARTS) is 1. The van der Waals surface area contributed by atoms with Crippen molar-refractivity contribution in [2.24, 2.45) is 0 Å². The molecule has 3 nitrogen and oxygen atoms in total. The number of hydrogen-bond acceptors (Lipinski definition) is 2. The van der Waals surface area contributed by atoms with Crippen molar-refractivity contribution in [1.82, 2.24) is 0 Å². The monoisotopic (exact) mass is 194 g/mol. The molecular weight excluding hydrogens is 180 g/mol. The van der Waals surface area contributed by atoms with Gasteiger partial charge in [-0.1, -0.05) is 18.2 Å². The topological polar surface area (TPSA) is 57.5 Å². The van der Waals surface area contributed by atoms with E-state index in [2.05, 4.69) is 0 Å². The van der Waals surface area contributed by atoms with Crippen molar-refractivity contribution in [3.05, 3.63) is 34.9 Å². The maximum atomic E-state index is 10.4. The van der Waals surface area contributed by atoms with Crippen molar-refractivity contribution in [2.45, 2.75) is 26.4 Å². The minimum atomic E-state index is -0.986. The summed E-state index contributed by atoms with van der Waals surface area (Å²) in [5.74, 6) is -0.986. The van der Waals surface area contributed by atoms with Crippen molar-refractivity contribution < 1.29 is 15.0 Å². The molecule has 0 aliphatic heterocycles. The van der Waals surface area contributed by atoms with Crippen molar-refractivity contribution in [3.63, 3.8) is 0 Å². The van der Waals surface area contributed by atoms with Crippen LogP contribution in [0.1, 0.15) is 29.2 Å². The molecule has 1 rings (SSSR count). The second-order valence-electron chi connectivity index (χ2n) is 3.42. The van der Waals surface area contributed by atoms with E-state index in [1.165, 1.54) is 0 Å². The molecule has 14 heavy (non-hydrogen) atoms.